The van der Waals surface area contributed by atoms with Crippen LogP contribution in [0.5, 0.6) is 5.75 Å². The number of amides is 1. The van der Waals surface area contributed by atoms with Crippen molar-refractivity contribution >= 4 is 27.3 Å². The van der Waals surface area contributed by atoms with Gasteiger partial charge in [-0.25, -0.2) is 8.42 Å². The second-order valence-corrected chi connectivity index (χ2v) is 8.24. The Morgan fingerprint density at radius 1 is 1.19 bits per heavy atom. The average Bonchev–Trinajstić information content (AvgIpc) is 2.66. The maximum atomic E-state index is 12.5. The number of ether oxygens (including phenoxy) is 1. The van der Waals surface area contributed by atoms with Gasteiger partial charge in [0.15, 0.2) is 0 Å². The monoisotopic (exact) mass is 386 g/mol. The van der Waals surface area contributed by atoms with E-state index in [1.807, 2.05) is 0 Å². The number of carbonyl (C=O) groups excluding carboxylic acids is 1. The first-order chi connectivity index (χ1) is 13.0. The Bertz CT molecular complexity index is 923. The molecule has 1 heterocycles. The van der Waals surface area contributed by atoms with E-state index in [0.29, 0.717) is 42.3 Å². The van der Waals surface area contributed by atoms with E-state index in [2.05, 4.69) is 11.9 Å². The molecule has 27 heavy (non-hydrogen) atoms. The maximum Gasteiger partial charge on any atom is 0.255 e. The van der Waals surface area contributed by atoms with E-state index in [-0.39, 0.29) is 11.7 Å². The highest BCUT2D eigenvalue weighted by Crippen LogP contribution is 2.24. The predicted octanol–water partition coefficient (Wildman–Crippen LogP) is 3.43. The van der Waals surface area contributed by atoms with Crippen molar-refractivity contribution in [3.05, 3.63) is 66.7 Å². The van der Waals surface area contributed by atoms with E-state index in [1.165, 1.54) is 4.31 Å². The molecule has 6 nitrogen and oxygen atoms in total. The van der Waals surface area contributed by atoms with Gasteiger partial charge in [0.1, 0.15) is 12.4 Å². The van der Waals surface area contributed by atoms with Crippen molar-refractivity contribution in [1.29, 1.82) is 0 Å². The molecule has 0 unspecified atom stereocenters. The van der Waals surface area contributed by atoms with E-state index < -0.39 is 10.0 Å². The molecule has 0 saturated carbocycles. The number of sulfonamides is 1. The minimum absolute atomic E-state index is 0.166. The molecule has 3 rings (SSSR count). The number of rotatable bonds is 6. The van der Waals surface area contributed by atoms with E-state index in [0.717, 1.165) is 6.42 Å². The quantitative estimate of drug-likeness (QED) is 0.772. The lowest BCUT2D eigenvalue weighted by Gasteiger charge is -2.28. The van der Waals surface area contributed by atoms with Gasteiger partial charge >= 0.3 is 0 Å². The highest BCUT2D eigenvalue weighted by atomic mass is 32.2. The normalized spacial score (nSPS) is 15.8. The summed E-state index contributed by atoms with van der Waals surface area (Å²) in [6.07, 6.45) is 3.18. The maximum absolute atomic E-state index is 12.5. The predicted molar refractivity (Wildman–Crippen MR) is 107 cm³/mol. The van der Waals surface area contributed by atoms with Crippen molar-refractivity contribution in [2.24, 2.45) is 0 Å². The van der Waals surface area contributed by atoms with Crippen LogP contribution >= 0.6 is 0 Å². The fourth-order valence-electron chi connectivity index (χ4n) is 2.88. The number of hydrogen-bond donors (Lipinski definition) is 1. The van der Waals surface area contributed by atoms with Gasteiger partial charge in [-0.3, -0.25) is 9.10 Å². The molecule has 1 saturated heterocycles. The van der Waals surface area contributed by atoms with Crippen molar-refractivity contribution in [3.63, 3.8) is 0 Å². The van der Waals surface area contributed by atoms with E-state index >= 15 is 0 Å². The molecule has 0 aromatic heterocycles. The van der Waals surface area contributed by atoms with Crippen LogP contribution in [-0.2, 0) is 10.0 Å². The zero-order valence-corrected chi connectivity index (χ0v) is 15.7. The molecular weight excluding hydrogens is 364 g/mol. The topological polar surface area (TPSA) is 75.7 Å². The number of nitrogens with zero attached hydrogens (tertiary/aromatic N) is 1. The molecular formula is C20H22N2O4S. The minimum Gasteiger partial charge on any atom is -0.489 e. The fourth-order valence-corrected chi connectivity index (χ4v) is 4.52. The van der Waals surface area contributed by atoms with Crippen LogP contribution < -0.4 is 14.4 Å². The van der Waals surface area contributed by atoms with Gasteiger partial charge < -0.3 is 10.1 Å². The van der Waals surface area contributed by atoms with Crippen LogP contribution in [0.15, 0.2) is 61.2 Å². The summed E-state index contributed by atoms with van der Waals surface area (Å²) in [6, 6.07) is 13.7. The molecule has 1 fully saturated rings. The Hall–Kier alpha value is -2.80. The summed E-state index contributed by atoms with van der Waals surface area (Å²) < 4.78 is 31.2. The smallest absolute Gasteiger partial charge is 0.255 e. The third-order valence-electron chi connectivity index (χ3n) is 4.23. The average molecular weight is 386 g/mol. The zero-order chi connectivity index (χ0) is 19.3. The van der Waals surface area contributed by atoms with Crippen LogP contribution in [0.2, 0.25) is 0 Å². The summed E-state index contributed by atoms with van der Waals surface area (Å²) in [5.74, 6) is 0.529. The lowest BCUT2D eigenvalue weighted by molar-refractivity contribution is 0.102. The van der Waals surface area contributed by atoms with E-state index in [4.69, 9.17) is 4.74 Å². The number of nitrogens with one attached hydrogen (secondary N) is 1. The fraction of sp³-hybridized carbons (Fsp3) is 0.250. The van der Waals surface area contributed by atoms with Gasteiger partial charge in [-0.2, -0.15) is 0 Å². The second-order valence-electron chi connectivity index (χ2n) is 6.22. The number of hydrogen-bond acceptors (Lipinski definition) is 4. The molecule has 0 atom stereocenters. The molecule has 0 radical (unpaired) electrons. The molecule has 1 aliphatic rings. The standard InChI is InChI=1S/C20H22N2O4S/c1-2-13-26-19-7-5-6-17(15-19)21-20(23)16-8-10-18(11-9-16)22-12-3-4-14-27(22,24)25/h2,5-11,15H,1,3-4,12-14H2,(H,21,23). The molecule has 0 bridgehead atoms. The minimum atomic E-state index is -3.26. The molecule has 7 heteroatoms. The molecule has 1 amide bonds. The van der Waals surface area contributed by atoms with E-state index in [1.54, 1.807) is 54.6 Å². The number of anilines is 2. The largest absolute Gasteiger partial charge is 0.489 e. The highest BCUT2D eigenvalue weighted by molar-refractivity contribution is 7.92. The molecule has 1 aliphatic heterocycles. The summed E-state index contributed by atoms with van der Waals surface area (Å²) in [4.78, 5) is 12.5. The SMILES string of the molecule is C=CCOc1cccc(NC(=O)c2ccc(N3CCCCS3(=O)=O)cc2)c1. The van der Waals surface area contributed by atoms with Gasteiger partial charge in [0.25, 0.3) is 5.91 Å². The molecule has 0 aliphatic carbocycles. The van der Waals surface area contributed by atoms with Gasteiger partial charge in [-0.05, 0) is 49.2 Å². The number of benzene rings is 2. The van der Waals surface area contributed by atoms with Crippen LogP contribution in [0.3, 0.4) is 0 Å². The Kier molecular flexibility index (Phi) is 5.81. The third kappa shape index (κ3) is 4.68. The highest BCUT2D eigenvalue weighted by Gasteiger charge is 2.25. The van der Waals surface area contributed by atoms with Gasteiger partial charge in [-0.1, -0.05) is 18.7 Å². The Morgan fingerprint density at radius 2 is 1.96 bits per heavy atom. The van der Waals surface area contributed by atoms with Gasteiger partial charge in [0.05, 0.1) is 11.4 Å². The Morgan fingerprint density at radius 3 is 2.67 bits per heavy atom. The summed E-state index contributed by atoms with van der Waals surface area (Å²) in [5.41, 5.74) is 1.65. The summed E-state index contributed by atoms with van der Waals surface area (Å²) in [6.45, 7) is 4.46. The van der Waals surface area contributed by atoms with Crippen LogP contribution in [0.25, 0.3) is 0 Å². The van der Waals surface area contributed by atoms with E-state index in [9.17, 15) is 13.2 Å². The van der Waals surface area contributed by atoms with Crippen molar-refractivity contribution < 1.29 is 17.9 Å². The first kappa shape index (κ1) is 19.0. The van der Waals surface area contributed by atoms with Crippen molar-refractivity contribution in [1.82, 2.24) is 0 Å². The second kappa shape index (κ2) is 8.26. The van der Waals surface area contributed by atoms with Crippen LogP contribution in [0.4, 0.5) is 11.4 Å². The first-order valence-electron chi connectivity index (χ1n) is 8.75. The van der Waals surface area contributed by atoms with Crippen molar-refractivity contribution in [2.45, 2.75) is 12.8 Å². The van der Waals surface area contributed by atoms with Crippen LogP contribution in [0.1, 0.15) is 23.2 Å². The number of carbonyl (C=O) groups is 1. The Labute approximate surface area is 159 Å². The molecule has 1 N–H and O–H groups in total. The molecule has 0 spiro atoms. The summed E-state index contributed by atoms with van der Waals surface area (Å²) in [7, 11) is -3.26. The first-order valence-corrected chi connectivity index (χ1v) is 10.4. The molecule has 2 aromatic rings. The van der Waals surface area contributed by atoms with Gasteiger partial charge in [-0.15, -0.1) is 0 Å². The lowest BCUT2D eigenvalue weighted by Crippen LogP contribution is -2.37. The summed E-state index contributed by atoms with van der Waals surface area (Å²) >= 11 is 0. The third-order valence-corrected chi connectivity index (χ3v) is 6.10. The van der Waals surface area contributed by atoms with Gasteiger partial charge in [0, 0.05) is 23.9 Å². The molecule has 142 valence electrons. The van der Waals surface area contributed by atoms with Crippen molar-refractivity contribution in [2.75, 3.05) is 28.5 Å². The zero-order valence-electron chi connectivity index (χ0n) is 14.9. The summed E-state index contributed by atoms with van der Waals surface area (Å²) in [5, 5.41) is 2.81. The molecule has 2 aromatic carbocycles. The van der Waals surface area contributed by atoms with Crippen molar-refractivity contribution in [3.8, 4) is 5.75 Å². The van der Waals surface area contributed by atoms with Gasteiger partial charge in [0.2, 0.25) is 10.0 Å². The lowest BCUT2D eigenvalue weighted by atomic mass is 10.2. The van der Waals surface area contributed by atoms with Crippen LogP contribution in [0, 0.1) is 0 Å². The Balaban J connectivity index is 1.70. The van der Waals surface area contributed by atoms with Crippen LogP contribution in [-0.4, -0.2) is 33.2 Å².